The molecular formula is C9H7N2O2. The molecule has 0 unspecified atom stereocenters. The molecule has 0 saturated heterocycles. The molecule has 0 amide bonds. The standard InChI is InChI=1S/C9H7N2O2/c1-12-9-7(3-2-5-10-9)8-4-6-13-11-8/h2-5H,1H3. The van der Waals surface area contributed by atoms with Gasteiger partial charge in [-0.1, -0.05) is 5.16 Å². The quantitative estimate of drug-likeness (QED) is 0.694. The molecule has 65 valence electrons. The van der Waals surface area contributed by atoms with E-state index in [1.165, 1.54) is 0 Å². The van der Waals surface area contributed by atoms with Gasteiger partial charge in [-0.3, -0.25) is 0 Å². The minimum atomic E-state index is 0.532. The molecule has 2 aromatic rings. The van der Waals surface area contributed by atoms with E-state index >= 15 is 0 Å². The maximum atomic E-state index is 5.06. The highest BCUT2D eigenvalue weighted by Gasteiger charge is 2.08. The molecule has 4 heteroatoms. The lowest BCUT2D eigenvalue weighted by molar-refractivity contribution is 0.396. The normalized spacial score (nSPS) is 9.92. The first-order valence-electron chi connectivity index (χ1n) is 3.74. The smallest absolute Gasteiger partial charge is 0.222 e. The molecule has 0 fully saturated rings. The van der Waals surface area contributed by atoms with Crippen LogP contribution >= 0.6 is 0 Å². The molecule has 2 aromatic heterocycles. The molecule has 13 heavy (non-hydrogen) atoms. The van der Waals surface area contributed by atoms with Crippen molar-refractivity contribution in [2.45, 2.75) is 0 Å². The summed E-state index contributed by atoms with van der Waals surface area (Å²) >= 11 is 0. The van der Waals surface area contributed by atoms with Gasteiger partial charge < -0.3 is 9.26 Å². The van der Waals surface area contributed by atoms with Gasteiger partial charge in [-0.2, -0.15) is 0 Å². The molecule has 0 aromatic carbocycles. The molecule has 0 N–H and O–H groups in total. The van der Waals surface area contributed by atoms with Crippen LogP contribution in [-0.4, -0.2) is 17.3 Å². The minimum Gasteiger partial charge on any atom is -0.481 e. The van der Waals surface area contributed by atoms with Crippen molar-refractivity contribution >= 4 is 0 Å². The first-order valence-corrected chi connectivity index (χ1v) is 3.74. The topological polar surface area (TPSA) is 48.2 Å². The Morgan fingerprint density at radius 2 is 2.46 bits per heavy atom. The Labute approximate surface area is 75.2 Å². The Bertz CT molecular complexity index is 384. The van der Waals surface area contributed by atoms with Crippen LogP contribution in [0.2, 0.25) is 0 Å². The van der Waals surface area contributed by atoms with Gasteiger partial charge in [-0.05, 0) is 12.1 Å². The number of nitrogens with zero attached hydrogens (tertiary/aromatic N) is 2. The zero-order valence-corrected chi connectivity index (χ0v) is 7.02. The van der Waals surface area contributed by atoms with Gasteiger partial charge in [0, 0.05) is 12.3 Å². The summed E-state index contributed by atoms with van der Waals surface area (Å²) in [6.45, 7) is 0. The fourth-order valence-electron chi connectivity index (χ4n) is 1.06. The third kappa shape index (κ3) is 1.38. The monoisotopic (exact) mass is 175 g/mol. The fraction of sp³-hybridized carbons (Fsp3) is 0.111. The van der Waals surface area contributed by atoms with Crippen molar-refractivity contribution in [3.8, 4) is 17.1 Å². The third-order valence-electron chi connectivity index (χ3n) is 1.63. The zero-order chi connectivity index (χ0) is 9.10. The Balaban J connectivity index is 2.51. The van der Waals surface area contributed by atoms with Crippen LogP contribution in [0.15, 0.2) is 28.9 Å². The Kier molecular flexibility index (Phi) is 1.96. The molecule has 0 atom stereocenters. The number of ether oxygens (including phenoxy) is 1. The predicted octanol–water partition coefficient (Wildman–Crippen LogP) is 1.55. The van der Waals surface area contributed by atoms with Gasteiger partial charge in [0.25, 0.3) is 0 Å². The predicted molar refractivity (Wildman–Crippen MR) is 45.1 cm³/mol. The van der Waals surface area contributed by atoms with Gasteiger partial charge in [0.15, 0.2) is 0 Å². The highest BCUT2D eigenvalue weighted by molar-refractivity contribution is 5.63. The van der Waals surface area contributed by atoms with Crippen LogP contribution in [0, 0.1) is 6.26 Å². The van der Waals surface area contributed by atoms with Gasteiger partial charge in [0.2, 0.25) is 12.1 Å². The van der Waals surface area contributed by atoms with Crippen molar-refractivity contribution in [2.75, 3.05) is 7.11 Å². The summed E-state index contributed by atoms with van der Waals surface area (Å²) in [4.78, 5) is 4.04. The van der Waals surface area contributed by atoms with Crippen LogP contribution in [-0.2, 0) is 0 Å². The van der Waals surface area contributed by atoms with E-state index in [2.05, 4.69) is 20.9 Å². The van der Waals surface area contributed by atoms with Crippen LogP contribution in [0.3, 0.4) is 0 Å². The summed E-state index contributed by atoms with van der Waals surface area (Å²) in [7, 11) is 1.57. The Morgan fingerprint density at radius 1 is 1.54 bits per heavy atom. The molecule has 4 nitrogen and oxygen atoms in total. The zero-order valence-electron chi connectivity index (χ0n) is 7.02. The highest BCUT2D eigenvalue weighted by Crippen LogP contribution is 2.25. The molecule has 0 aliphatic carbocycles. The van der Waals surface area contributed by atoms with Gasteiger partial charge in [0.1, 0.15) is 5.69 Å². The van der Waals surface area contributed by atoms with E-state index < -0.39 is 0 Å². The summed E-state index contributed by atoms with van der Waals surface area (Å²) in [5.74, 6) is 0.532. The van der Waals surface area contributed by atoms with E-state index in [-0.39, 0.29) is 0 Å². The van der Waals surface area contributed by atoms with Gasteiger partial charge >= 0.3 is 0 Å². The second-order valence-electron chi connectivity index (χ2n) is 2.39. The van der Waals surface area contributed by atoms with Crippen molar-refractivity contribution in [3.63, 3.8) is 0 Å². The molecule has 0 spiro atoms. The van der Waals surface area contributed by atoms with Crippen molar-refractivity contribution in [2.24, 2.45) is 0 Å². The molecule has 0 aliphatic heterocycles. The van der Waals surface area contributed by atoms with Crippen LogP contribution in [0.5, 0.6) is 5.88 Å². The van der Waals surface area contributed by atoms with Gasteiger partial charge in [0.05, 0.1) is 12.7 Å². The SMILES string of the molecule is COc1ncccc1-c1c[c]on1. The van der Waals surface area contributed by atoms with Crippen molar-refractivity contribution in [1.82, 2.24) is 10.1 Å². The first kappa shape index (κ1) is 7.79. The lowest BCUT2D eigenvalue weighted by Crippen LogP contribution is -1.90. The largest absolute Gasteiger partial charge is 0.481 e. The van der Waals surface area contributed by atoms with E-state index in [4.69, 9.17) is 4.74 Å². The minimum absolute atomic E-state index is 0.532. The van der Waals surface area contributed by atoms with Crippen LogP contribution in [0.1, 0.15) is 0 Å². The van der Waals surface area contributed by atoms with Crippen LogP contribution < -0.4 is 4.74 Å². The number of methoxy groups -OCH3 is 1. The summed E-state index contributed by atoms with van der Waals surface area (Å²) in [6, 6.07) is 5.31. The molecule has 2 rings (SSSR count). The van der Waals surface area contributed by atoms with Crippen molar-refractivity contribution in [1.29, 1.82) is 0 Å². The Hall–Kier alpha value is -1.84. The lowest BCUT2D eigenvalue weighted by atomic mass is 10.2. The molecular weight excluding hydrogens is 168 g/mol. The lowest BCUT2D eigenvalue weighted by Gasteiger charge is -2.02. The summed E-state index contributed by atoms with van der Waals surface area (Å²) in [5, 5.41) is 3.74. The van der Waals surface area contributed by atoms with E-state index in [1.54, 1.807) is 19.4 Å². The van der Waals surface area contributed by atoms with Crippen molar-refractivity contribution < 1.29 is 9.26 Å². The molecule has 0 aliphatic rings. The van der Waals surface area contributed by atoms with Gasteiger partial charge in [-0.25, -0.2) is 4.98 Å². The summed E-state index contributed by atoms with van der Waals surface area (Å²) in [6.07, 6.45) is 4.17. The fourth-order valence-corrected chi connectivity index (χ4v) is 1.06. The van der Waals surface area contributed by atoms with E-state index in [0.29, 0.717) is 11.6 Å². The number of rotatable bonds is 2. The second-order valence-corrected chi connectivity index (χ2v) is 2.39. The average molecular weight is 175 g/mol. The summed E-state index contributed by atoms with van der Waals surface area (Å²) in [5.41, 5.74) is 1.47. The molecule has 0 bridgehead atoms. The van der Waals surface area contributed by atoms with Crippen LogP contribution in [0.25, 0.3) is 11.3 Å². The summed E-state index contributed by atoms with van der Waals surface area (Å²) < 4.78 is 9.67. The molecule has 1 radical (unpaired) electrons. The first-order chi connectivity index (χ1) is 6.42. The third-order valence-corrected chi connectivity index (χ3v) is 1.63. The number of pyridine rings is 1. The van der Waals surface area contributed by atoms with E-state index in [0.717, 1.165) is 5.56 Å². The maximum absolute atomic E-state index is 5.06. The van der Waals surface area contributed by atoms with E-state index in [9.17, 15) is 0 Å². The Morgan fingerprint density at radius 3 is 3.15 bits per heavy atom. The number of aromatic nitrogens is 2. The van der Waals surface area contributed by atoms with Crippen LogP contribution in [0.4, 0.5) is 0 Å². The van der Waals surface area contributed by atoms with Gasteiger partial charge in [-0.15, -0.1) is 0 Å². The van der Waals surface area contributed by atoms with E-state index in [1.807, 2.05) is 12.1 Å². The molecule has 2 heterocycles. The maximum Gasteiger partial charge on any atom is 0.222 e. The number of hydrogen-bond donors (Lipinski definition) is 0. The number of hydrogen-bond acceptors (Lipinski definition) is 4. The highest BCUT2D eigenvalue weighted by atomic mass is 16.5. The molecule has 0 saturated carbocycles. The van der Waals surface area contributed by atoms with Crippen molar-refractivity contribution in [3.05, 3.63) is 30.7 Å². The second kappa shape index (κ2) is 3.26. The average Bonchev–Trinajstić information content (AvgIpc) is 2.70.